The van der Waals surface area contributed by atoms with Crippen molar-refractivity contribution in [2.24, 2.45) is 12.8 Å². The Bertz CT molecular complexity index is 685. The van der Waals surface area contributed by atoms with Gasteiger partial charge in [0.1, 0.15) is 22.7 Å². The third-order valence-corrected chi connectivity index (χ3v) is 3.11. The van der Waals surface area contributed by atoms with Gasteiger partial charge in [-0.15, -0.1) is 0 Å². The van der Waals surface area contributed by atoms with Gasteiger partial charge in [0, 0.05) is 6.07 Å². The molecule has 1 aromatic carbocycles. The summed E-state index contributed by atoms with van der Waals surface area (Å²) >= 11 is 0. The second-order valence-corrected chi connectivity index (χ2v) is 5.27. The van der Waals surface area contributed by atoms with Crippen molar-refractivity contribution in [3.05, 3.63) is 60.4 Å². The molecule has 0 aliphatic heterocycles. The van der Waals surface area contributed by atoms with Crippen molar-refractivity contribution in [3.8, 4) is 0 Å². The van der Waals surface area contributed by atoms with Crippen molar-refractivity contribution in [3.63, 3.8) is 0 Å². The first-order valence-corrected chi connectivity index (χ1v) is 6.97. The molecule has 0 aliphatic rings. The van der Waals surface area contributed by atoms with E-state index in [0.717, 1.165) is 0 Å². The van der Waals surface area contributed by atoms with Crippen molar-refractivity contribution in [2.75, 3.05) is 0 Å². The van der Waals surface area contributed by atoms with Crippen LogP contribution in [0.25, 0.3) is 0 Å². The molecule has 2 aromatic rings. The molecule has 0 radical (unpaired) electrons. The van der Waals surface area contributed by atoms with E-state index in [9.17, 15) is 17.8 Å². The summed E-state index contributed by atoms with van der Waals surface area (Å²) in [5, 5.41) is 0. The van der Waals surface area contributed by atoms with E-state index in [1.54, 1.807) is 29.0 Å². The molecule has 2 rings (SSSR count). The van der Waals surface area contributed by atoms with Crippen LogP contribution >= 0.6 is 0 Å². The van der Waals surface area contributed by atoms with Crippen LogP contribution in [0.5, 0.6) is 0 Å². The van der Waals surface area contributed by atoms with Crippen LogP contribution in [0.4, 0.5) is 0 Å². The zero-order valence-electron chi connectivity index (χ0n) is 10.8. The summed E-state index contributed by atoms with van der Waals surface area (Å²) in [4.78, 5) is 10.4. The zero-order chi connectivity index (χ0) is 15.2. The van der Waals surface area contributed by atoms with Crippen LogP contribution in [0, 0.1) is 0 Å². The summed E-state index contributed by atoms with van der Waals surface area (Å²) < 4.78 is 32.6. The van der Waals surface area contributed by atoms with Gasteiger partial charge in [0.05, 0.1) is 4.90 Å². The summed E-state index contributed by atoms with van der Waals surface area (Å²) in [6.45, 7) is 0. The first kappa shape index (κ1) is 15.8. The Morgan fingerprint density at radius 3 is 2.10 bits per heavy atom. The maximum atomic E-state index is 10.6. The number of aryl methyl sites for hydroxylation is 1. The molecule has 0 aliphatic carbocycles. The van der Waals surface area contributed by atoms with Crippen molar-refractivity contribution in [2.45, 2.75) is 4.90 Å². The van der Waals surface area contributed by atoms with Gasteiger partial charge in [0.2, 0.25) is 0 Å². The second-order valence-electron chi connectivity index (χ2n) is 3.89. The van der Waals surface area contributed by atoms with Gasteiger partial charge in [-0.3, -0.25) is 4.79 Å². The predicted molar refractivity (Wildman–Crippen MR) is 70.5 cm³/mol. The molecule has 0 saturated carbocycles. The van der Waals surface area contributed by atoms with Crippen LogP contribution in [0.2, 0.25) is 0 Å². The Morgan fingerprint density at radius 1 is 1.15 bits per heavy atom. The van der Waals surface area contributed by atoms with Gasteiger partial charge in [-0.05, 0) is 18.2 Å². The number of aromatic nitrogens is 1. The molecule has 6 nitrogen and oxygen atoms in total. The third-order valence-electron chi connectivity index (χ3n) is 2.26. The van der Waals surface area contributed by atoms with Gasteiger partial charge in [0.25, 0.3) is 5.91 Å². The lowest BCUT2D eigenvalue weighted by molar-refractivity contribution is -0.671. The number of amides is 1. The molecule has 0 saturated heterocycles. The number of rotatable bonds is 2. The number of hydrogen-bond donors (Lipinski definition) is 1. The van der Waals surface area contributed by atoms with Crippen LogP contribution in [0.1, 0.15) is 10.4 Å². The Morgan fingerprint density at radius 2 is 1.75 bits per heavy atom. The smallest absolute Gasteiger partial charge is 0.254 e. The van der Waals surface area contributed by atoms with Crippen LogP contribution in [0.15, 0.2) is 59.8 Å². The number of pyridine rings is 1. The second kappa shape index (κ2) is 6.78. The van der Waals surface area contributed by atoms with Crippen LogP contribution in [0.3, 0.4) is 0 Å². The van der Waals surface area contributed by atoms with Gasteiger partial charge in [-0.25, -0.2) is 13.0 Å². The van der Waals surface area contributed by atoms with Crippen LogP contribution < -0.4 is 10.3 Å². The Kier molecular flexibility index (Phi) is 5.36. The van der Waals surface area contributed by atoms with E-state index in [4.69, 9.17) is 5.73 Å². The van der Waals surface area contributed by atoms with Crippen molar-refractivity contribution in [1.29, 1.82) is 0 Å². The lowest BCUT2D eigenvalue weighted by Crippen LogP contribution is -2.28. The molecule has 1 heterocycles. The maximum Gasteiger partial charge on any atom is 0.254 e. The van der Waals surface area contributed by atoms with E-state index >= 15 is 0 Å². The van der Waals surface area contributed by atoms with E-state index in [2.05, 4.69) is 0 Å². The van der Waals surface area contributed by atoms with Gasteiger partial charge in [-0.1, -0.05) is 18.2 Å². The van der Waals surface area contributed by atoms with Gasteiger partial charge >= 0.3 is 0 Å². The fraction of sp³-hybridized carbons (Fsp3) is 0.0769. The Hall–Kier alpha value is -2.25. The summed E-state index contributed by atoms with van der Waals surface area (Å²) in [6.07, 6.45) is 3.52. The first-order chi connectivity index (χ1) is 9.30. The topological polar surface area (TPSA) is 104 Å². The molecular weight excluding hydrogens is 280 g/mol. The maximum absolute atomic E-state index is 10.6. The summed E-state index contributed by atoms with van der Waals surface area (Å²) in [7, 11) is -2.41. The van der Waals surface area contributed by atoms with E-state index in [-0.39, 0.29) is 4.90 Å². The number of carbonyl (C=O) groups excluding carboxylic acids is 1. The fourth-order valence-electron chi connectivity index (χ4n) is 1.32. The van der Waals surface area contributed by atoms with Crippen LogP contribution in [-0.4, -0.2) is 18.9 Å². The monoisotopic (exact) mass is 294 g/mol. The van der Waals surface area contributed by atoms with Gasteiger partial charge in [-0.2, -0.15) is 0 Å². The zero-order valence-corrected chi connectivity index (χ0v) is 11.6. The molecule has 20 heavy (non-hydrogen) atoms. The molecule has 1 amide bonds. The van der Waals surface area contributed by atoms with E-state index in [1.807, 2.05) is 13.2 Å². The minimum absolute atomic E-state index is 0.185. The third kappa shape index (κ3) is 5.17. The van der Waals surface area contributed by atoms with Crippen molar-refractivity contribution >= 4 is 16.0 Å². The van der Waals surface area contributed by atoms with Crippen LogP contribution in [-0.2, 0) is 17.2 Å². The average molecular weight is 294 g/mol. The largest absolute Gasteiger partial charge is 0.744 e. The Balaban J connectivity index is 0.000000200. The highest BCUT2D eigenvalue weighted by atomic mass is 32.2. The fourth-order valence-corrected chi connectivity index (χ4v) is 1.81. The number of benzene rings is 1. The molecule has 0 spiro atoms. The first-order valence-electron chi connectivity index (χ1n) is 5.57. The molecule has 0 atom stereocenters. The molecular formula is C13H14N2O4S. The number of primary amides is 1. The summed E-state index contributed by atoms with van der Waals surface area (Å²) in [5.74, 6) is -0.392. The molecule has 2 N–H and O–H groups in total. The summed E-state index contributed by atoms with van der Waals surface area (Å²) in [6, 6.07) is 10.7. The molecule has 7 heteroatoms. The predicted octanol–water partition coefficient (Wildman–Crippen LogP) is 0.201. The molecule has 0 unspecified atom stereocenters. The van der Waals surface area contributed by atoms with Gasteiger partial charge in [0.15, 0.2) is 12.4 Å². The molecule has 1 aromatic heterocycles. The normalized spacial score (nSPS) is 10.3. The van der Waals surface area contributed by atoms with E-state index < -0.39 is 16.0 Å². The highest BCUT2D eigenvalue weighted by Crippen LogP contribution is 2.04. The average Bonchev–Trinajstić information content (AvgIpc) is 2.39. The highest BCUT2D eigenvalue weighted by Gasteiger charge is 2.02. The lowest BCUT2D eigenvalue weighted by Gasteiger charge is -2.04. The van der Waals surface area contributed by atoms with Crippen molar-refractivity contribution in [1.82, 2.24) is 0 Å². The lowest BCUT2D eigenvalue weighted by atomic mass is 10.3. The standard InChI is InChI=1S/C7H8N2O.C6H6O3S/c1-9-4-2-3-6(5-9)7(8)10;7-10(8,9)6-4-2-1-3-5-6/h2-5H,1H3,(H-,8,10);1-5H,(H,7,8,9). The molecule has 0 fully saturated rings. The number of carbonyl (C=O) groups is 1. The van der Waals surface area contributed by atoms with Gasteiger partial charge < -0.3 is 10.3 Å². The number of nitrogens with two attached hydrogens (primary N) is 1. The Labute approximate surface area is 117 Å². The number of nitrogens with zero attached hydrogens (tertiary/aromatic N) is 1. The quantitative estimate of drug-likeness (QED) is 0.631. The van der Waals surface area contributed by atoms with E-state index in [0.29, 0.717) is 5.56 Å². The summed E-state index contributed by atoms with van der Waals surface area (Å²) in [5.41, 5.74) is 5.56. The minimum atomic E-state index is -4.25. The molecule has 106 valence electrons. The minimum Gasteiger partial charge on any atom is -0.744 e. The van der Waals surface area contributed by atoms with E-state index in [1.165, 1.54) is 24.3 Å². The molecule has 0 bridgehead atoms. The number of hydrogen-bond acceptors (Lipinski definition) is 4. The van der Waals surface area contributed by atoms with Crippen molar-refractivity contribution < 1.29 is 22.3 Å². The SMILES string of the molecule is C[n+]1cccc(C(N)=O)c1.O=S(=O)([O-])c1ccccc1. The highest BCUT2D eigenvalue weighted by molar-refractivity contribution is 7.85.